The summed E-state index contributed by atoms with van der Waals surface area (Å²) >= 11 is 6.01. The summed E-state index contributed by atoms with van der Waals surface area (Å²) in [6.45, 7) is 3.39. The smallest absolute Gasteiger partial charge is 0.311 e. The monoisotopic (exact) mass is 391 g/mol. The van der Waals surface area contributed by atoms with Crippen LogP contribution >= 0.6 is 11.6 Å². The van der Waals surface area contributed by atoms with Gasteiger partial charge in [0.1, 0.15) is 12.2 Å². The zero-order chi connectivity index (χ0) is 19.4. The number of rotatable bonds is 6. The van der Waals surface area contributed by atoms with Crippen LogP contribution in [0.1, 0.15) is 40.1 Å². The molecule has 0 spiro atoms. The van der Waals surface area contributed by atoms with E-state index in [1.165, 1.54) is 6.26 Å². The third-order valence-corrected chi connectivity index (χ3v) is 5.34. The van der Waals surface area contributed by atoms with Gasteiger partial charge in [-0.25, -0.2) is 0 Å². The van der Waals surface area contributed by atoms with Crippen molar-refractivity contribution in [1.29, 1.82) is 0 Å². The fourth-order valence-electron chi connectivity index (χ4n) is 3.54. The van der Waals surface area contributed by atoms with Crippen LogP contribution in [0.25, 0.3) is 0 Å². The molecule has 27 heavy (non-hydrogen) atoms. The molecule has 1 amide bonds. The largest absolute Gasteiger partial charge is 0.481 e. The normalized spacial score (nSPS) is 16.1. The lowest BCUT2D eigenvalue weighted by molar-refractivity contribution is -0.136. The van der Waals surface area contributed by atoms with Crippen molar-refractivity contribution in [3.05, 3.63) is 58.0 Å². The van der Waals surface area contributed by atoms with Crippen molar-refractivity contribution in [2.75, 3.05) is 19.8 Å². The molecule has 1 aromatic carbocycles. The number of ether oxygens (including phenoxy) is 1. The molecule has 1 aliphatic heterocycles. The van der Waals surface area contributed by atoms with E-state index in [2.05, 4.69) is 5.32 Å². The maximum Gasteiger partial charge on any atom is 0.311 e. The van der Waals surface area contributed by atoms with Gasteiger partial charge in [-0.05, 0) is 37.5 Å². The number of benzene rings is 1. The number of hydrogen-bond donors (Lipinski definition) is 2. The summed E-state index contributed by atoms with van der Waals surface area (Å²) in [7, 11) is 0. The van der Waals surface area contributed by atoms with Crippen LogP contribution in [0, 0.1) is 6.92 Å². The summed E-state index contributed by atoms with van der Waals surface area (Å²) in [4.78, 5) is 23.8. The van der Waals surface area contributed by atoms with Crippen molar-refractivity contribution in [2.24, 2.45) is 0 Å². The van der Waals surface area contributed by atoms with Crippen molar-refractivity contribution in [3.63, 3.8) is 0 Å². The summed E-state index contributed by atoms with van der Waals surface area (Å²) in [6.07, 6.45) is 2.64. The number of amides is 1. The second-order valence-electron chi connectivity index (χ2n) is 6.87. The molecular weight excluding hydrogens is 370 g/mol. The van der Waals surface area contributed by atoms with E-state index in [4.69, 9.17) is 25.9 Å². The highest BCUT2D eigenvalue weighted by atomic mass is 35.5. The predicted molar refractivity (Wildman–Crippen MR) is 100 cm³/mol. The molecule has 2 aromatic rings. The number of carboxylic acid groups (broad SMARTS) is 1. The number of carbonyl (C=O) groups is 2. The second kappa shape index (κ2) is 8.15. The number of aliphatic carboxylic acids is 1. The van der Waals surface area contributed by atoms with E-state index in [0.717, 1.165) is 18.4 Å². The SMILES string of the molecule is Cc1coc(CC(=O)O)c1C(=O)NCC1(c2ccc(Cl)cc2)CCOCC1. The number of halogens is 1. The number of carboxylic acids is 1. The molecule has 2 N–H and O–H groups in total. The fourth-order valence-corrected chi connectivity index (χ4v) is 3.67. The van der Waals surface area contributed by atoms with E-state index < -0.39 is 5.97 Å². The zero-order valence-corrected chi connectivity index (χ0v) is 15.8. The first kappa shape index (κ1) is 19.5. The number of aryl methyl sites for hydroxylation is 1. The van der Waals surface area contributed by atoms with Crippen molar-refractivity contribution in [2.45, 2.75) is 31.6 Å². The van der Waals surface area contributed by atoms with E-state index in [9.17, 15) is 9.59 Å². The van der Waals surface area contributed by atoms with Crippen LogP contribution in [0.2, 0.25) is 5.02 Å². The van der Waals surface area contributed by atoms with Gasteiger partial charge in [-0.2, -0.15) is 0 Å². The number of nitrogens with one attached hydrogen (secondary N) is 1. The highest BCUT2D eigenvalue weighted by Crippen LogP contribution is 2.35. The van der Waals surface area contributed by atoms with Gasteiger partial charge < -0.3 is 19.6 Å². The van der Waals surface area contributed by atoms with Gasteiger partial charge in [-0.15, -0.1) is 0 Å². The van der Waals surface area contributed by atoms with Gasteiger partial charge in [-0.1, -0.05) is 23.7 Å². The molecule has 0 unspecified atom stereocenters. The van der Waals surface area contributed by atoms with Crippen molar-refractivity contribution >= 4 is 23.5 Å². The highest BCUT2D eigenvalue weighted by molar-refractivity contribution is 6.30. The van der Waals surface area contributed by atoms with E-state index in [1.54, 1.807) is 6.92 Å². The van der Waals surface area contributed by atoms with Crippen LogP contribution in [0.15, 0.2) is 34.9 Å². The van der Waals surface area contributed by atoms with Gasteiger partial charge in [0, 0.05) is 35.8 Å². The Morgan fingerprint density at radius 1 is 1.22 bits per heavy atom. The molecule has 1 aromatic heterocycles. The first-order valence-electron chi connectivity index (χ1n) is 8.82. The lowest BCUT2D eigenvalue weighted by atomic mass is 9.74. The Labute approximate surface area is 162 Å². The first-order valence-corrected chi connectivity index (χ1v) is 9.20. The number of furan rings is 1. The van der Waals surface area contributed by atoms with Crippen LogP contribution < -0.4 is 5.32 Å². The lowest BCUT2D eigenvalue weighted by Crippen LogP contribution is -2.44. The Morgan fingerprint density at radius 3 is 2.52 bits per heavy atom. The second-order valence-corrected chi connectivity index (χ2v) is 7.31. The molecule has 3 rings (SSSR count). The molecule has 7 heteroatoms. The van der Waals surface area contributed by atoms with Crippen LogP contribution in [-0.4, -0.2) is 36.7 Å². The summed E-state index contributed by atoms with van der Waals surface area (Å²) in [5.74, 6) is -1.19. The standard InChI is InChI=1S/C20H22ClNO5/c1-13-11-27-16(10-17(23)24)18(13)19(25)22-12-20(6-8-26-9-7-20)14-2-4-15(21)5-3-14/h2-5,11H,6-10,12H2,1H3,(H,22,25)(H,23,24). The molecular formula is C20H22ClNO5. The lowest BCUT2D eigenvalue weighted by Gasteiger charge is -2.38. The van der Waals surface area contributed by atoms with Crippen molar-refractivity contribution < 1.29 is 23.8 Å². The molecule has 144 valence electrons. The number of carbonyl (C=O) groups excluding carboxylic acids is 1. The molecule has 1 aliphatic rings. The minimum atomic E-state index is -1.04. The molecule has 1 saturated heterocycles. The maximum absolute atomic E-state index is 12.8. The molecule has 0 bridgehead atoms. The molecule has 0 atom stereocenters. The van der Waals surface area contributed by atoms with Crippen LogP contribution in [0.5, 0.6) is 0 Å². The number of hydrogen-bond acceptors (Lipinski definition) is 4. The summed E-state index contributed by atoms with van der Waals surface area (Å²) in [5.41, 5.74) is 1.78. The third-order valence-electron chi connectivity index (χ3n) is 5.08. The summed E-state index contributed by atoms with van der Waals surface area (Å²) < 4.78 is 10.8. The quantitative estimate of drug-likeness (QED) is 0.788. The maximum atomic E-state index is 12.8. The van der Waals surface area contributed by atoms with Gasteiger partial charge in [0.25, 0.3) is 5.91 Å². The van der Waals surface area contributed by atoms with E-state index in [0.29, 0.717) is 35.9 Å². The topological polar surface area (TPSA) is 88.8 Å². The van der Waals surface area contributed by atoms with Gasteiger partial charge in [0.05, 0.1) is 11.8 Å². The Morgan fingerprint density at radius 2 is 1.89 bits per heavy atom. The van der Waals surface area contributed by atoms with Gasteiger partial charge in [-0.3, -0.25) is 9.59 Å². The molecule has 2 heterocycles. The van der Waals surface area contributed by atoms with E-state index in [1.807, 2.05) is 24.3 Å². The average molecular weight is 392 g/mol. The summed E-state index contributed by atoms with van der Waals surface area (Å²) in [5, 5.41) is 12.7. The van der Waals surface area contributed by atoms with Gasteiger partial charge in [0.15, 0.2) is 0 Å². The van der Waals surface area contributed by atoms with Gasteiger partial charge >= 0.3 is 5.97 Å². The Bertz CT molecular complexity index is 821. The molecule has 1 fully saturated rings. The zero-order valence-electron chi connectivity index (χ0n) is 15.1. The third kappa shape index (κ3) is 4.34. The Hall–Kier alpha value is -2.31. The molecule has 6 nitrogen and oxygen atoms in total. The predicted octanol–water partition coefficient (Wildman–Crippen LogP) is 3.35. The minimum absolute atomic E-state index is 0.171. The summed E-state index contributed by atoms with van der Waals surface area (Å²) in [6, 6.07) is 7.67. The highest BCUT2D eigenvalue weighted by Gasteiger charge is 2.35. The van der Waals surface area contributed by atoms with E-state index >= 15 is 0 Å². The fraction of sp³-hybridized carbons (Fsp3) is 0.400. The molecule has 0 aliphatic carbocycles. The first-order chi connectivity index (χ1) is 12.9. The van der Waals surface area contributed by atoms with Crippen molar-refractivity contribution in [3.8, 4) is 0 Å². The Balaban J connectivity index is 1.80. The molecule has 0 radical (unpaired) electrons. The van der Waals surface area contributed by atoms with E-state index in [-0.39, 0.29) is 23.5 Å². The Kier molecular flexibility index (Phi) is 5.87. The van der Waals surface area contributed by atoms with Crippen molar-refractivity contribution in [1.82, 2.24) is 5.32 Å². The van der Waals surface area contributed by atoms with Gasteiger partial charge in [0.2, 0.25) is 0 Å². The minimum Gasteiger partial charge on any atom is -0.481 e. The average Bonchev–Trinajstić information content (AvgIpc) is 3.00. The van der Waals surface area contributed by atoms with Crippen LogP contribution in [0.4, 0.5) is 0 Å². The van der Waals surface area contributed by atoms with Crippen LogP contribution in [0.3, 0.4) is 0 Å². The van der Waals surface area contributed by atoms with Crippen LogP contribution in [-0.2, 0) is 21.4 Å². The molecule has 0 saturated carbocycles.